The van der Waals surface area contributed by atoms with Gasteiger partial charge in [0.15, 0.2) is 5.65 Å². The maximum absolute atomic E-state index is 17.1. The van der Waals surface area contributed by atoms with Crippen LogP contribution in [0.2, 0.25) is 0 Å². The standard InChI is InChI=1S/C30H24FN7O2/c1-16-22(17(2)40-37-16)24-20(14-18-8-4-3-5-9-18)26(31)23(19-10-6-12-34-28(19)32)25(29(33)39)27(24)38-15-36-21-11-7-13-35-30(21)38/h3-13,15H,14H2,1-2H3,(H2,32,34)(H2,33,39). The van der Waals surface area contributed by atoms with Gasteiger partial charge in [0.25, 0.3) is 5.91 Å². The van der Waals surface area contributed by atoms with Crippen molar-refractivity contribution >= 4 is 22.9 Å². The van der Waals surface area contributed by atoms with Crippen molar-refractivity contribution in [3.05, 3.63) is 107 Å². The van der Waals surface area contributed by atoms with Crippen molar-refractivity contribution in [2.75, 3.05) is 5.73 Å². The summed E-state index contributed by atoms with van der Waals surface area (Å²) in [5, 5.41) is 4.14. The van der Waals surface area contributed by atoms with E-state index >= 15 is 4.39 Å². The number of pyridine rings is 2. The Balaban J connectivity index is 1.87. The van der Waals surface area contributed by atoms with Crippen LogP contribution in [0.1, 0.15) is 32.9 Å². The van der Waals surface area contributed by atoms with E-state index < -0.39 is 11.7 Å². The largest absolute Gasteiger partial charge is 0.383 e. The molecule has 9 nitrogen and oxygen atoms in total. The molecular weight excluding hydrogens is 509 g/mol. The molecule has 40 heavy (non-hydrogen) atoms. The van der Waals surface area contributed by atoms with Crippen LogP contribution in [0.4, 0.5) is 10.2 Å². The predicted molar refractivity (Wildman–Crippen MR) is 149 cm³/mol. The topological polar surface area (TPSA) is 139 Å². The van der Waals surface area contributed by atoms with Crippen molar-refractivity contribution in [1.29, 1.82) is 0 Å². The zero-order chi connectivity index (χ0) is 28.0. The Morgan fingerprint density at radius 1 is 0.950 bits per heavy atom. The van der Waals surface area contributed by atoms with Crippen LogP contribution in [0.3, 0.4) is 0 Å². The number of halogens is 1. The molecule has 0 atom stereocenters. The average Bonchev–Trinajstić information content (AvgIpc) is 3.53. The van der Waals surface area contributed by atoms with E-state index in [2.05, 4.69) is 20.1 Å². The second-order valence-corrected chi connectivity index (χ2v) is 9.39. The van der Waals surface area contributed by atoms with E-state index in [-0.39, 0.29) is 28.9 Å². The Morgan fingerprint density at radius 2 is 1.70 bits per heavy atom. The zero-order valence-corrected chi connectivity index (χ0v) is 21.7. The lowest BCUT2D eigenvalue weighted by molar-refractivity contribution is 0.100. The number of nitrogens with zero attached hydrogens (tertiary/aromatic N) is 5. The number of anilines is 1. The minimum atomic E-state index is -0.857. The van der Waals surface area contributed by atoms with Gasteiger partial charge in [-0.05, 0) is 43.7 Å². The molecule has 6 aromatic rings. The highest BCUT2D eigenvalue weighted by Gasteiger charge is 2.33. The average molecular weight is 534 g/mol. The highest BCUT2D eigenvalue weighted by molar-refractivity contribution is 6.08. The summed E-state index contributed by atoms with van der Waals surface area (Å²) < 4.78 is 24.3. The van der Waals surface area contributed by atoms with Crippen LogP contribution in [0.25, 0.3) is 39.1 Å². The van der Waals surface area contributed by atoms with Crippen molar-refractivity contribution < 1.29 is 13.7 Å². The molecule has 0 aliphatic heterocycles. The molecule has 4 aromatic heterocycles. The third kappa shape index (κ3) is 3.97. The smallest absolute Gasteiger partial charge is 0.251 e. The van der Waals surface area contributed by atoms with Crippen molar-refractivity contribution in [1.82, 2.24) is 24.7 Å². The first-order valence-corrected chi connectivity index (χ1v) is 12.5. The molecule has 0 unspecified atom stereocenters. The molecule has 1 amide bonds. The lowest BCUT2D eigenvalue weighted by Crippen LogP contribution is -2.20. The number of rotatable bonds is 6. The van der Waals surface area contributed by atoms with Gasteiger partial charge in [0.1, 0.15) is 29.2 Å². The molecule has 0 spiro atoms. The van der Waals surface area contributed by atoms with Crippen molar-refractivity contribution in [2.24, 2.45) is 5.73 Å². The van der Waals surface area contributed by atoms with Crippen LogP contribution in [0, 0.1) is 19.7 Å². The fourth-order valence-corrected chi connectivity index (χ4v) is 5.21. The van der Waals surface area contributed by atoms with E-state index in [9.17, 15) is 4.79 Å². The lowest BCUT2D eigenvalue weighted by atomic mass is 9.84. The Hall–Kier alpha value is -5.38. The third-order valence-corrected chi connectivity index (χ3v) is 6.92. The molecule has 0 aliphatic rings. The van der Waals surface area contributed by atoms with Crippen LogP contribution < -0.4 is 11.5 Å². The van der Waals surface area contributed by atoms with E-state index in [0.29, 0.717) is 45.0 Å². The number of amides is 1. The lowest BCUT2D eigenvalue weighted by Gasteiger charge is -2.24. The van der Waals surface area contributed by atoms with Crippen molar-refractivity contribution in [2.45, 2.75) is 20.3 Å². The number of carbonyl (C=O) groups excluding carboxylic acids is 1. The first-order valence-electron chi connectivity index (χ1n) is 12.5. The number of aromatic nitrogens is 5. The van der Waals surface area contributed by atoms with Gasteiger partial charge in [-0.1, -0.05) is 35.5 Å². The van der Waals surface area contributed by atoms with E-state index in [1.165, 1.54) is 6.20 Å². The summed E-state index contributed by atoms with van der Waals surface area (Å²) in [4.78, 5) is 26.5. The van der Waals surface area contributed by atoms with Crippen LogP contribution in [0.5, 0.6) is 0 Å². The van der Waals surface area contributed by atoms with E-state index in [1.54, 1.807) is 55.2 Å². The summed E-state index contributed by atoms with van der Waals surface area (Å²) in [5.74, 6) is -0.995. The molecule has 0 saturated heterocycles. The summed E-state index contributed by atoms with van der Waals surface area (Å²) in [6.07, 6.45) is 4.85. The molecular formula is C30H24FN7O2. The fourth-order valence-electron chi connectivity index (χ4n) is 5.21. The number of hydrogen-bond acceptors (Lipinski definition) is 7. The Kier molecular flexibility index (Phi) is 6.07. The number of nitrogen functional groups attached to an aromatic ring is 1. The molecule has 4 heterocycles. The number of aryl methyl sites for hydroxylation is 2. The van der Waals surface area contributed by atoms with E-state index in [0.717, 1.165) is 5.56 Å². The van der Waals surface area contributed by atoms with Gasteiger partial charge in [-0.25, -0.2) is 19.3 Å². The van der Waals surface area contributed by atoms with Crippen LogP contribution in [-0.4, -0.2) is 30.6 Å². The van der Waals surface area contributed by atoms with Gasteiger partial charge in [0, 0.05) is 46.6 Å². The quantitative estimate of drug-likeness (QED) is 0.301. The summed E-state index contributed by atoms with van der Waals surface area (Å²) in [6, 6.07) is 16.3. The maximum atomic E-state index is 17.1. The monoisotopic (exact) mass is 533 g/mol. The number of fused-ring (bicyclic) bond motifs is 1. The highest BCUT2D eigenvalue weighted by atomic mass is 19.1. The van der Waals surface area contributed by atoms with Crippen LogP contribution in [0.15, 0.2) is 77.8 Å². The Morgan fingerprint density at radius 3 is 2.40 bits per heavy atom. The SMILES string of the molecule is Cc1noc(C)c1-c1c(Cc2ccccc2)c(F)c(-c2cccnc2N)c(C(N)=O)c1-n1cnc2cccnc21. The van der Waals surface area contributed by atoms with Gasteiger partial charge in [-0.2, -0.15) is 0 Å². The Labute approximate surface area is 228 Å². The number of imidazole rings is 1. The molecule has 0 radical (unpaired) electrons. The zero-order valence-electron chi connectivity index (χ0n) is 21.7. The van der Waals surface area contributed by atoms with Crippen LogP contribution in [-0.2, 0) is 6.42 Å². The summed E-state index contributed by atoms with van der Waals surface area (Å²) >= 11 is 0. The number of primary amides is 1. The molecule has 10 heteroatoms. The molecule has 0 aliphatic carbocycles. The van der Waals surface area contributed by atoms with Crippen LogP contribution >= 0.6 is 0 Å². The molecule has 6 rings (SSSR count). The number of benzene rings is 2. The number of hydrogen-bond donors (Lipinski definition) is 2. The third-order valence-electron chi connectivity index (χ3n) is 6.92. The molecule has 0 fully saturated rings. The second-order valence-electron chi connectivity index (χ2n) is 9.39. The van der Waals surface area contributed by atoms with Gasteiger partial charge in [0.2, 0.25) is 0 Å². The van der Waals surface area contributed by atoms with Gasteiger partial charge in [-0.15, -0.1) is 0 Å². The molecule has 4 N–H and O–H groups in total. The molecule has 198 valence electrons. The molecule has 0 saturated carbocycles. The normalized spacial score (nSPS) is 11.3. The number of nitrogens with two attached hydrogens (primary N) is 2. The first kappa shape index (κ1) is 24.9. The second kappa shape index (κ2) is 9.73. The van der Waals surface area contributed by atoms with Gasteiger partial charge >= 0.3 is 0 Å². The summed E-state index contributed by atoms with van der Waals surface area (Å²) in [5.41, 5.74) is 16.4. The first-order chi connectivity index (χ1) is 19.4. The molecule has 0 bridgehead atoms. The highest BCUT2D eigenvalue weighted by Crippen LogP contribution is 2.45. The predicted octanol–water partition coefficient (Wildman–Crippen LogP) is 5.17. The van der Waals surface area contributed by atoms with E-state index in [1.807, 2.05) is 30.3 Å². The summed E-state index contributed by atoms with van der Waals surface area (Å²) in [6.45, 7) is 3.51. The van der Waals surface area contributed by atoms with E-state index in [4.69, 9.17) is 16.0 Å². The number of carbonyl (C=O) groups is 1. The van der Waals surface area contributed by atoms with Gasteiger partial charge in [0.05, 0.1) is 16.9 Å². The van der Waals surface area contributed by atoms with Crippen molar-refractivity contribution in [3.63, 3.8) is 0 Å². The Bertz CT molecular complexity index is 1890. The fraction of sp³-hybridized carbons (Fsp3) is 0.100. The maximum Gasteiger partial charge on any atom is 0.251 e. The minimum absolute atomic E-state index is 0.0488. The van der Waals surface area contributed by atoms with Gasteiger partial charge in [-0.3, -0.25) is 9.36 Å². The summed E-state index contributed by atoms with van der Waals surface area (Å²) in [7, 11) is 0. The molecule has 2 aromatic carbocycles. The van der Waals surface area contributed by atoms with Gasteiger partial charge < -0.3 is 16.0 Å². The minimum Gasteiger partial charge on any atom is -0.383 e. The van der Waals surface area contributed by atoms with Crippen molar-refractivity contribution in [3.8, 4) is 27.9 Å².